The van der Waals surface area contributed by atoms with Crippen molar-refractivity contribution in [2.24, 2.45) is 5.92 Å². The fraction of sp³-hybridized carbons (Fsp3) is 0.846. The molecule has 6 heteroatoms. The predicted molar refractivity (Wildman–Crippen MR) is 74.7 cm³/mol. The molecule has 3 fully saturated rings. The fourth-order valence-corrected chi connectivity index (χ4v) is 3.64. The molecule has 0 aromatic rings. The number of thioether (sulfide) groups is 1. The first-order valence-electron chi connectivity index (χ1n) is 7.14. The van der Waals surface area contributed by atoms with E-state index in [0.717, 1.165) is 50.4 Å². The van der Waals surface area contributed by atoms with Crippen LogP contribution in [0.25, 0.3) is 0 Å². The summed E-state index contributed by atoms with van der Waals surface area (Å²) in [5, 5.41) is 6.29. The van der Waals surface area contributed by atoms with E-state index in [4.69, 9.17) is 0 Å². The maximum Gasteiger partial charge on any atom is 0.238 e. The summed E-state index contributed by atoms with van der Waals surface area (Å²) < 4.78 is 0. The highest BCUT2D eigenvalue weighted by Gasteiger charge is 2.35. The average Bonchev–Trinajstić information content (AvgIpc) is 3.13. The summed E-state index contributed by atoms with van der Waals surface area (Å²) in [7, 11) is 0. The second-order valence-corrected chi connectivity index (χ2v) is 6.68. The highest BCUT2D eigenvalue weighted by molar-refractivity contribution is 7.99. The van der Waals surface area contributed by atoms with Crippen LogP contribution in [0, 0.1) is 5.92 Å². The molecule has 1 atom stereocenters. The topological polar surface area (TPSA) is 61.4 Å². The summed E-state index contributed by atoms with van der Waals surface area (Å²) in [4.78, 5) is 25.9. The first kappa shape index (κ1) is 13.2. The van der Waals surface area contributed by atoms with Crippen molar-refractivity contribution in [3.05, 3.63) is 0 Å². The second kappa shape index (κ2) is 5.71. The van der Waals surface area contributed by atoms with E-state index in [1.807, 2.05) is 4.90 Å². The lowest BCUT2D eigenvalue weighted by molar-refractivity contribution is -0.133. The lowest BCUT2D eigenvalue weighted by Crippen LogP contribution is -2.51. The Morgan fingerprint density at radius 2 is 1.89 bits per heavy atom. The van der Waals surface area contributed by atoms with Crippen LogP contribution in [0.4, 0.5) is 0 Å². The van der Waals surface area contributed by atoms with Gasteiger partial charge in [0.1, 0.15) is 0 Å². The molecular weight excluding hydrogens is 262 g/mol. The van der Waals surface area contributed by atoms with E-state index in [9.17, 15) is 9.59 Å². The zero-order chi connectivity index (χ0) is 13.2. The fourth-order valence-electron chi connectivity index (χ4n) is 2.70. The lowest BCUT2D eigenvalue weighted by atomic mass is 10.0. The van der Waals surface area contributed by atoms with E-state index in [-0.39, 0.29) is 18.0 Å². The maximum atomic E-state index is 12.0. The first-order chi connectivity index (χ1) is 9.24. The van der Waals surface area contributed by atoms with E-state index < -0.39 is 0 Å². The monoisotopic (exact) mass is 283 g/mol. The summed E-state index contributed by atoms with van der Waals surface area (Å²) in [6.45, 7) is 1.60. The first-order valence-corrected chi connectivity index (χ1v) is 8.30. The minimum absolute atomic E-state index is 0.0314. The number of piperidine rings is 1. The van der Waals surface area contributed by atoms with Gasteiger partial charge in [-0.1, -0.05) is 0 Å². The summed E-state index contributed by atoms with van der Waals surface area (Å²) in [5.74, 6) is 2.50. The van der Waals surface area contributed by atoms with Gasteiger partial charge in [0, 0.05) is 36.7 Å². The third-order valence-corrected chi connectivity index (χ3v) is 5.05. The summed E-state index contributed by atoms with van der Waals surface area (Å²) >= 11 is 1.76. The molecule has 2 saturated heterocycles. The number of nitrogens with zero attached hydrogens (tertiary/aromatic N) is 1. The average molecular weight is 283 g/mol. The minimum atomic E-state index is -0.0314. The van der Waals surface area contributed by atoms with E-state index in [1.165, 1.54) is 0 Å². The number of likely N-dealkylation sites (tertiary alicyclic amines) is 1. The standard InChI is InChI=1S/C13H21N3O2S/c17-12(11-7-19-8-14-11)15-10-3-5-16(6-4-10)13(18)9-1-2-9/h9-11,14H,1-8H2,(H,15,17). The molecule has 0 spiro atoms. The number of rotatable bonds is 3. The largest absolute Gasteiger partial charge is 0.352 e. The Labute approximate surface area is 117 Å². The van der Waals surface area contributed by atoms with Gasteiger partial charge in [-0.3, -0.25) is 14.9 Å². The highest BCUT2D eigenvalue weighted by atomic mass is 32.2. The molecule has 0 bridgehead atoms. The van der Waals surface area contributed by atoms with Gasteiger partial charge < -0.3 is 10.2 Å². The lowest BCUT2D eigenvalue weighted by Gasteiger charge is -2.33. The molecule has 2 N–H and O–H groups in total. The van der Waals surface area contributed by atoms with E-state index >= 15 is 0 Å². The molecule has 1 saturated carbocycles. The SMILES string of the molecule is O=C(NC1CCN(C(=O)C2CC2)CC1)C1CSCN1. The van der Waals surface area contributed by atoms with Crippen LogP contribution in [-0.4, -0.2) is 53.5 Å². The second-order valence-electron chi connectivity index (χ2n) is 5.65. The molecule has 2 aliphatic heterocycles. The zero-order valence-corrected chi connectivity index (χ0v) is 11.9. The van der Waals surface area contributed by atoms with E-state index in [1.54, 1.807) is 11.8 Å². The Morgan fingerprint density at radius 3 is 2.47 bits per heavy atom. The zero-order valence-electron chi connectivity index (χ0n) is 11.1. The maximum absolute atomic E-state index is 12.0. The molecule has 0 aromatic heterocycles. The third kappa shape index (κ3) is 3.23. The van der Waals surface area contributed by atoms with Gasteiger partial charge in [-0.15, -0.1) is 11.8 Å². The van der Waals surface area contributed by atoms with Crippen LogP contribution < -0.4 is 10.6 Å². The highest BCUT2D eigenvalue weighted by Crippen LogP contribution is 2.31. The van der Waals surface area contributed by atoms with E-state index in [2.05, 4.69) is 10.6 Å². The van der Waals surface area contributed by atoms with Gasteiger partial charge in [0.15, 0.2) is 0 Å². The Kier molecular flexibility index (Phi) is 3.98. The van der Waals surface area contributed by atoms with Crippen LogP contribution in [-0.2, 0) is 9.59 Å². The third-order valence-electron chi connectivity index (χ3n) is 4.11. The molecule has 1 unspecified atom stereocenters. The van der Waals surface area contributed by atoms with Gasteiger partial charge in [-0.25, -0.2) is 0 Å². The molecule has 1 aliphatic carbocycles. The van der Waals surface area contributed by atoms with Crippen molar-refractivity contribution in [1.29, 1.82) is 0 Å². The number of nitrogens with one attached hydrogen (secondary N) is 2. The summed E-state index contributed by atoms with van der Waals surface area (Å²) in [6.07, 6.45) is 3.93. The molecule has 2 amide bonds. The van der Waals surface area contributed by atoms with Crippen LogP contribution in [0.2, 0.25) is 0 Å². The van der Waals surface area contributed by atoms with Gasteiger partial charge in [-0.2, -0.15) is 0 Å². The Hall–Kier alpha value is -0.750. The molecule has 5 nitrogen and oxygen atoms in total. The van der Waals surface area contributed by atoms with Crippen molar-refractivity contribution in [3.63, 3.8) is 0 Å². The number of carbonyl (C=O) groups excluding carboxylic acids is 2. The molecule has 0 aromatic carbocycles. The van der Waals surface area contributed by atoms with Crippen LogP contribution in [0.1, 0.15) is 25.7 Å². The van der Waals surface area contributed by atoms with Crippen molar-refractivity contribution in [3.8, 4) is 0 Å². The van der Waals surface area contributed by atoms with Crippen molar-refractivity contribution >= 4 is 23.6 Å². The molecule has 2 heterocycles. The predicted octanol–water partition coefficient (Wildman–Crippen LogP) is 0.166. The number of hydrogen-bond donors (Lipinski definition) is 2. The number of carbonyl (C=O) groups is 2. The van der Waals surface area contributed by atoms with Gasteiger partial charge >= 0.3 is 0 Å². The van der Waals surface area contributed by atoms with Crippen molar-refractivity contribution in [1.82, 2.24) is 15.5 Å². The van der Waals surface area contributed by atoms with Gasteiger partial charge in [0.25, 0.3) is 0 Å². The Morgan fingerprint density at radius 1 is 1.16 bits per heavy atom. The smallest absolute Gasteiger partial charge is 0.238 e. The summed E-state index contributed by atoms with van der Waals surface area (Å²) in [6, 6.07) is 0.208. The van der Waals surface area contributed by atoms with Crippen molar-refractivity contribution in [2.75, 3.05) is 24.7 Å². The van der Waals surface area contributed by atoms with Crippen LogP contribution in [0.5, 0.6) is 0 Å². The summed E-state index contributed by atoms with van der Waals surface area (Å²) in [5.41, 5.74) is 0. The van der Waals surface area contributed by atoms with Gasteiger partial charge in [0.2, 0.25) is 11.8 Å². The normalized spacial score (nSPS) is 28.4. The molecule has 0 radical (unpaired) electrons. The van der Waals surface area contributed by atoms with Gasteiger partial charge in [0.05, 0.1) is 6.04 Å². The molecule has 19 heavy (non-hydrogen) atoms. The van der Waals surface area contributed by atoms with Crippen LogP contribution in [0.3, 0.4) is 0 Å². The van der Waals surface area contributed by atoms with Gasteiger partial charge in [-0.05, 0) is 25.7 Å². The van der Waals surface area contributed by atoms with Crippen molar-refractivity contribution < 1.29 is 9.59 Å². The molecule has 106 valence electrons. The Balaban J connectivity index is 1.42. The molecule has 3 rings (SSSR count). The quantitative estimate of drug-likeness (QED) is 0.775. The molecule has 3 aliphatic rings. The molecular formula is C13H21N3O2S. The van der Waals surface area contributed by atoms with Crippen LogP contribution in [0.15, 0.2) is 0 Å². The van der Waals surface area contributed by atoms with E-state index in [0.29, 0.717) is 11.8 Å². The number of hydrogen-bond acceptors (Lipinski definition) is 4. The Bertz CT molecular complexity index is 359. The van der Waals surface area contributed by atoms with Crippen molar-refractivity contribution in [2.45, 2.75) is 37.8 Å². The number of amides is 2. The minimum Gasteiger partial charge on any atom is -0.352 e. The van der Waals surface area contributed by atoms with Crippen LogP contribution >= 0.6 is 11.8 Å².